The maximum atomic E-state index is 4.72. The summed E-state index contributed by atoms with van der Waals surface area (Å²) in [5.74, 6) is 0. The summed E-state index contributed by atoms with van der Waals surface area (Å²) < 4.78 is 20.6. The fourth-order valence-corrected chi connectivity index (χ4v) is 10.2. The zero-order valence-corrected chi connectivity index (χ0v) is 30.2. The highest BCUT2D eigenvalue weighted by Crippen LogP contribution is 2.47. The number of hydrogen-bond acceptors (Lipinski definition) is 8. The molecule has 0 fully saturated rings. The van der Waals surface area contributed by atoms with E-state index in [9.17, 15) is 0 Å². The Kier molecular flexibility index (Phi) is 10.2. The van der Waals surface area contributed by atoms with E-state index in [1.54, 1.807) is 0 Å². The number of hydrogen-bond donors (Lipinski definition) is 0. The minimum atomic E-state index is 0.952. The quantitative estimate of drug-likeness (QED) is 0.110. The summed E-state index contributed by atoms with van der Waals surface area (Å²) in [6.07, 6.45) is 12.2. The molecule has 10 heteroatoms. The van der Waals surface area contributed by atoms with E-state index in [0.717, 1.165) is 43.9 Å². The number of fused-ring (bicyclic) bond motifs is 2. The van der Waals surface area contributed by atoms with Crippen molar-refractivity contribution >= 4 is 100 Å². The molecule has 4 nitrogen and oxygen atoms in total. The number of thiophene rings is 2. The number of unbranched alkanes of at least 4 members (excludes halogenated alkanes) is 6. The molecule has 6 aromatic rings. The molecule has 4 heterocycles. The van der Waals surface area contributed by atoms with E-state index in [1.165, 1.54) is 117 Å². The van der Waals surface area contributed by atoms with Crippen LogP contribution in [0, 0.1) is 0 Å². The van der Waals surface area contributed by atoms with Crippen LogP contribution < -0.4 is 0 Å². The van der Waals surface area contributed by atoms with Crippen molar-refractivity contribution in [3.05, 3.63) is 56.5 Å². The standard InChI is InChI=1S/C32H32Br2N4S4/c1-3-5-7-9-11-19-17-25(39-31(19)21-13-15-23(33)29-27(21)35-41-37-29)26-18-20(12-10-8-6-4-2)32(40-26)22-14-16-24(34)30-28(22)36-42-38-30/h13-18H,3-12H2,1-2H3. The van der Waals surface area contributed by atoms with Crippen LogP contribution in [0.1, 0.15) is 76.3 Å². The van der Waals surface area contributed by atoms with Crippen molar-refractivity contribution in [1.29, 1.82) is 0 Å². The largest absolute Gasteiger partial charge is 0.172 e. The van der Waals surface area contributed by atoms with Crippen molar-refractivity contribution in [1.82, 2.24) is 17.5 Å². The van der Waals surface area contributed by atoms with Crippen LogP contribution in [-0.2, 0) is 12.8 Å². The van der Waals surface area contributed by atoms with Crippen molar-refractivity contribution < 1.29 is 0 Å². The third kappa shape index (κ3) is 6.31. The van der Waals surface area contributed by atoms with Crippen LogP contribution in [0.4, 0.5) is 0 Å². The highest BCUT2D eigenvalue weighted by atomic mass is 79.9. The van der Waals surface area contributed by atoms with Crippen LogP contribution in [0.3, 0.4) is 0 Å². The number of rotatable bonds is 13. The molecule has 0 amide bonds. The van der Waals surface area contributed by atoms with Crippen LogP contribution in [0.2, 0.25) is 0 Å². The van der Waals surface area contributed by atoms with Crippen LogP contribution in [0.25, 0.3) is 52.7 Å². The highest BCUT2D eigenvalue weighted by molar-refractivity contribution is 9.11. The van der Waals surface area contributed by atoms with Gasteiger partial charge in [0.25, 0.3) is 0 Å². The number of aryl methyl sites for hydroxylation is 2. The van der Waals surface area contributed by atoms with E-state index in [1.807, 2.05) is 22.7 Å². The molecule has 0 saturated heterocycles. The smallest absolute Gasteiger partial charge is 0.119 e. The summed E-state index contributed by atoms with van der Waals surface area (Å²) in [5, 5.41) is 0. The van der Waals surface area contributed by atoms with Gasteiger partial charge in [0.2, 0.25) is 0 Å². The summed E-state index contributed by atoms with van der Waals surface area (Å²) in [6, 6.07) is 13.6. The molecular weight excluding hydrogens is 728 g/mol. The predicted molar refractivity (Wildman–Crippen MR) is 192 cm³/mol. The average molecular weight is 761 g/mol. The summed E-state index contributed by atoms with van der Waals surface area (Å²) >= 11 is 13.8. The van der Waals surface area contributed by atoms with Crippen molar-refractivity contribution in [3.63, 3.8) is 0 Å². The molecule has 6 rings (SSSR count). The zero-order valence-electron chi connectivity index (χ0n) is 23.7. The van der Waals surface area contributed by atoms with Crippen LogP contribution in [0.5, 0.6) is 0 Å². The molecule has 0 aliphatic heterocycles. The van der Waals surface area contributed by atoms with Gasteiger partial charge in [0.1, 0.15) is 22.1 Å². The molecule has 0 aliphatic carbocycles. The van der Waals surface area contributed by atoms with Gasteiger partial charge in [-0.3, -0.25) is 0 Å². The lowest BCUT2D eigenvalue weighted by Crippen LogP contribution is -1.88. The first-order chi connectivity index (χ1) is 20.6. The van der Waals surface area contributed by atoms with E-state index >= 15 is 0 Å². The van der Waals surface area contributed by atoms with Crippen molar-refractivity contribution in [2.45, 2.75) is 78.1 Å². The molecule has 2 aromatic carbocycles. The molecule has 0 spiro atoms. The van der Waals surface area contributed by atoms with Crippen molar-refractivity contribution in [2.24, 2.45) is 0 Å². The molecule has 42 heavy (non-hydrogen) atoms. The molecule has 0 radical (unpaired) electrons. The second kappa shape index (κ2) is 14.0. The van der Waals surface area contributed by atoms with E-state index in [-0.39, 0.29) is 0 Å². The monoisotopic (exact) mass is 758 g/mol. The van der Waals surface area contributed by atoms with Gasteiger partial charge in [-0.2, -0.15) is 17.5 Å². The van der Waals surface area contributed by atoms with Crippen LogP contribution in [0.15, 0.2) is 45.3 Å². The van der Waals surface area contributed by atoms with E-state index in [2.05, 4.69) is 90.9 Å². The van der Waals surface area contributed by atoms with E-state index in [4.69, 9.17) is 8.75 Å². The maximum Gasteiger partial charge on any atom is 0.119 e. The van der Waals surface area contributed by atoms with Crippen LogP contribution in [-0.4, -0.2) is 17.5 Å². The molecule has 0 saturated carbocycles. The highest BCUT2D eigenvalue weighted by Gasteiger charge is 2.21. The Morgan fingerprint density at radius 3 is 1.40 bits per heavy atom. The Hall–Kier alpha value is -1.56. The topological polar surface area (TPSA) is 51.6 Å². The molecule has 4 aromatic heterocycles. The maximum absolute atomic E-state index is 4.72. The zero-order chi connectivity index (χ0) is 29.1. The minimum absolute atomic E-state index is 0.952. The fraction of sp³-hybridized carbons (Fsp3) is 0.375. The summed E-state index contributed by atoms with van der Waals surface area (Å²) in [7, 11) is 0. The molecular formula is C32H32Br2N4S4. The van der Waals surface area contributed by atoms with E-state index < -0.39 is 0 Å². The second-order valence-electron chi connectivity index (χ2n) is 10.7. The number of aromatic nitrogens is 4. The average Bonchev–Trinajstić information content (AvgIpc) is 3.80. The van der Waals surface area contributed by atoms with Crippen molar-refractivity contribution in [2.75, 3.05) is 0 Å². The van der Waals surface area contributed by atoms with E-state index in [0.29, 0.717) is 0 Å². The molecule has 0 N–H and O–H groups in total. The lowest BCUT2D eigenvalue weighted by atomic mass is 10.0. The molecule has 0 unspecified atom stereocenters. The van der Waals surface area contributed by atoms with Gasteiger partial charge in [0, 0.05) is 39.6 Å². The van der Waals surface area contributed by atoms with Gasteiger partial charge in [0.15, 0.2) is 0 Å². The summed E-state index contributed by atoms with van der Waals surface area (Å²) in [4.78, 5) is 5.35. The molecule has 0 aliphatic rings. The Morgan fingerprint density at radius 2 is 0.976 bits per heavy atom. The summed E-state index contributed by atoms with van der Waals surface area (Å²) in [5.41, 5.74) is 9.14. The Bertz CT molecular complexity index is 1680. The van der Waals surface area contributed by atoms with Gasteiger partial charge in [-0.1, -0.05) is 64.5 Å². The lowest BCUT2D eigenvalue weighted by Gasteiger charge is -2.05. The van der Waals surface area contributed by atoms with Gasteiger partial charge in [-0.15, -0.1) is 22.7 Å². The molecule has 218 valence electrons. The van der Waals surface area contributed by atoms with Gasteiger partial charge < -0.3 is 0 Å². The molecule has 0 atom stereocenters. The third-order valence-electron chi connectivity index (χ3n) is 7.68. The normalized spacial score (nSPS) is 11.8. The lowest BCUT2D eigenvalue weighted by molar-refractivity contribution is 0.668. The first kappa shape index (κ1) is 30.5. The second-order valence-corrected chi connectivity index (χ2v) is 15.5. The summed E-state index contributed by atoms with van der Waals surface area (Å²) in [6.45, 7) is 4.55. The third-order valence-corrected chi connectivity index (χ3v) is 12.6. The number of nitrogens with zero attached hydrogens (tertiary/aromatic N) is 4. The predicted octanol–water partition coefficient (Wildman–Crippen LogP) is 12.6. The van der Waals surface area contributed by atoms with Gasteiger partial charge in [-0.25, -0.2) is 0 Å². The fourth-order valence-electron chi connectivity index (χ4n) is 5.45. The molecule has 0 bridgehead atoms. The van der Waals surface area contributed by atoms with Gasteiger partial charge in [0.05, 0.1) is 23.5 Å². The first-order valence-corrected chi connectivity index (χ1v) is 19.3. The Balaban J connectivity index is 1.44. The first-order valence-electron chi connectivity index (χ1n) is 14.7. The number of halogens is 2. The van der Waals surface area contributed by atoms with Crippen LogP contribution >= 0.6 is 78.0 Å². The number of benzene rings is 2. The Morgan fingerprint density at radius 1 is 0.548 bits per heavy atom. The van der Waals surface area contributed by atoms with Crippen molar-refractivity contribution in [3.8, 4) is 30.6 Å². The minimum Gasteiger partial charge on any atom is -0.172 e. The van der Waals surface area contributed by atoms with Gasteiger partial charge in [-0.05, 0) is 92.9 Å². The Labute approximate surface area is 280 Å². The van der Waals surface area contributed by atoms with Gasteiger partial charge >= 0.3 is 0 Å². The SMILES string of the molecule is CCCCCCc1cc(-c2cc(CCCCCC)c(-c3ccc(Br)c4nsnc34)s2)sc1-c1ccc(Br)c2nsnc12.